The van der Waals surface area contributed by atoms with Gasteiger partial charge in [-0.05, 0) is 23.8 Å². The molecule has 1 aromatic carbocycles. The van der Waals surface area contributed by atoms with Gasteiger partial charge in [0.05, 0.1) is 12.8 Å². The van der Waals surface area contributed by atoms with Crippen molar-refractivity contribution in [1.82, 2.24) is 10.3 Å². The number of hydrogen-bond donors (Lipinski definition) is 2. The highest BCUT2D eigenvalue weighted by atomic mass is 19.1. The lowest BCUT2D eigenvalue weighted by Gasteiger charge is -2.10. The van der Waals surface area contributed by atoms with Crippen molar-refractivity contribution in [1.29, 1.82) is 0 Å². The summed E-state index contributed by atoms with van der Waals surface area (Å²) in [5.74, 6) is -1.12. The molecular weight excluding hydrogens is 287 g/mol. The van der Waals surface area contributed by atoms with E-state index < -0.39 is 5.91 Å². The first kappa shape index (κ1) is 15.5. The number of ether oxygens (including phenoxy) is 1. The average molecular weight is 302 g/mol. The van der Waals surface area contributed by atoms with E-state index in [1.807, 2.05) is 0 Å². The fraction of sp³-hybridized carbons (Fsp3) is 0.125. The second-order valence-corrected chi connectivity index (χ2v) is 4.46. The van der Waals surface area contributed by atoms with Crippen LogP contribution in [0.1, 0.15) is 21.7 Å². The lowest BCUT2D eigenvalue weighted by atomic mass is 10.2. The van der Waals surface area contributed by atoms with Crippen LogP contribution in [-0.4, -0.2) is 23.1 Å². The molecule has 0 unspecified atom stereocenters. The second kappa shape index (κ2) is 6.71. The summed E-state index contributed by atoms with van der Waals surface area (Å²) >= 11 is 0. The monoisotopic (exact) mass is 302 g/mol. The topological polar surface area (TPSA) is 71.5 Å². The number of nitrogens with zero attached hydrogens (tertiary/aromatic N) is 1. The van der Waals surface area contributed by atoms with Gasteiger partial charge in [0.2, 0.25) is 0 Å². The highest BCUT2D eigenvalue weighted by Crippen LogP contribution is 2.29. The molecule has 2 rings (SSSR count). The molecule has 1 heterocycles. The highest BCUT2D eigenvalue weighted by molar-refractivity contribution is 5.95. The molecule has 0 bridgehead atoms. The Balaban J connectivity index is 2.18. The second-order valence-electron chi connectivity index (χ2n) is 4.46. The molecule has 0 saturated heterocycles. The fourth-order valence-corrected chi connectivity index (χ4v) is 1.82. The van der Waals surface area contributed by atoms with E-state index in [0.717, 1.165) is 5.56 Å². The maximum absolute atomic E-state index is 12.8. The molecule has 0 aliphatic rings. The molecule has 2 N–H and O–H groups in total. The lowest BCUT2D eigenvalue weighted by Crippen LogP contribution is -2.24. The maximum atomic E-state index is 12.8. The third-order valence-corrected chi connectivity index (χ3v) is 2.99. The Morgan fingerprint density at radius 2 is 2.14 bits per heavy atom. The average Bonchev–Trinajstić information content (AvgIpc) is 2.54. The molecular formula is C16H15FN2O3. The van der Waals surface area contributed by atoms with Gasteiger partial charge in [0, 0.05) is 12.6 Å². The molecule has 114 valence electrons. The van der Waals surface area contributed by atoms with Crippen molar-refractivity contribution >= 4 is 12.0 Å². The van der Waals surface area contributed by atoms with Crippen LogP contribution in [0.15, 0.2) is 36.9 Å². The smallest absolute Gasteiger partial charge is 0.274 e. The summed E-state index contributed by atoms with van der Waals surface area (Å²) in [6, 6.07) is 7.20. The predicted molar refractivity (Wildman–Crippen MR) is 80.1 cm³/mol. The van der Waals surface area contributed by atoms with Gasteiger partial charge in [-0.15, -0.1) is 0 Å². The zero-order valence-electron chi connectivity index (χ0n) is 12.0. The number of nitrogens with one attached hydrogen (secondary N) is 1. The van der Waals surface area contributed by atoms with Crippen LogP contribution in [-0.2, 0) is 6.54 Å². The third-order valence-electron chi connectivity index (χ3n) is 2.99. The molecule has 1 aromatic heterocycles. The van der Waals surface area contributed by atoms with E-state index in [1.54, 1.807) is 12.1 Å². The largest absolute Gasteiger partial charge is 0.503 e. The Bertz CT molecular complexity index is 699. The molecule has 0 radical (unpaired) electrons. The predicted octanol–water partition coefficient (Wildman–Crippen LogP) is 2.51. The number of rotatable bonds is 5. The van der Waals surface area contributed by atoms with E-state index in [-0.39, 0.29) is 29.6 Å². The summed E-state index contributed by atoms with van der Waals surface area (Å²) in [6.07, 6.45) is 1.44. The summed E-state index contributed by atoms with van der Waals surface area (Å²) in [5, 5.41) is 12.6. The van der Waals surface area contributed by atoms with Crippen molar-refractivity contribution in [3.63, 3.8) is 0 Å². The molecule has 5 nitrogen and oxygen atoms in total. The summed E-state index contributed by atoms with van der Waals surface area (Å²) in [7, 11) is 1.38. The van der Waals surface area contributed by atoms with E-state index in [4.69, 9.17) is 4.74 Å². The summed E-state index contributed by atoms with van der Waals surface area (Å²) < 4.78 is 17.8. The molecule has 22 heavy (non-hydrogen) atoms. The summed E-state index contributed by atoms with van der Waals surface area (Å²) in [4.78, 5) is 16.2. The van der Waals surface area contributed by atoms with Crippen molar-refractivity contribution in [2.75, 3.05) is 7.11 Å². The number of aromatic hydroxyl groups is 1. The van der Waals surface area contributed by atoms with Crippen LogP contribution >= 0.6 is 0 Å². The molecule has 0 aliphatic carbocycles. The Morgan fingerprint density at radius 3 is 2.73 bits per heavy atom. The van der Waals surface area contributed by atoms with E-state index in [9.17, 15) is 14.3 Å². The number of carbonyl (C=O) groups excluding carboxylic acids is 1. The van der Waals surface area contributed by atoms with Crippen LogP contribution in [0, 0.1) is 5.82 Å². The zero-order valence-corrected chi connectivity index (χ0v) is 12.0. The van der Waals surface area contributed by atoms with Gasteiger partial charge < -0.3 is 15.2 Å². The Kier molecular flexibility index (Phi) is 4.73. The van der Waals surface area contributed by atoms with Gasteiger partial charge in [-0.1, -0.05) is 18.7 Å². The standard InChI is InChI=1S/C16H15FN2O3/c1-3-12-8-13(22-2)15(20)14(19-12)16(21)18-9-10-4-6-11(17)7-5-10/h3-8,20H,1,9H2,2H3,(H,18,21). The first-order chi connectivity index (χ1) is 10.5. The number of aromatic nitrogens is 1. The molecule has 0 aliphatic heterocycles. The highest BCUT2D eigenvalue weighted by Gasteiger charge is 2.18. The maximum Gasteiger partial charge on any atom is 0.274 e. The van der Waals surface area contributed by atoms with Gasteiger partial charge in [-0.25, -0.2) is 9.37 Å². The van der Waals surface area contributed by atoms with Gasteiger partial charge in [0.15, 0.2) is 17.2 Å². The van der Waals surface area contributed by atoms with Crippen molar-refractivity contribution in [3.8, 4) is 11.5 Å². The van der Waals surface area contributed by atoms with Crippen LogP contribution in [0.5, 0.6) is 11.5 Å². The van der Waals surface area contributed by atoms with Crippen LogP contribution in [0.3, 0.4) is 0 Å². The van der Waals surface area contributed by atoms with Crippen molar-refractivity contribution in [3.05, 3.63) is 59.7 Å². The minimum absolute atomic E-state index is 0.136. The van der Waals surface area contributed by atoms with Crippen LogP contribution in [0.25, 0.3) is 6.08 Å². The number of amides is 1. The van der Waals surface area contributed by atoms with Crippen molar-refractivity contribution in [2.24, 2.45) is 0 Å². The molecule has 0 atom stereocenters. The van der Waals surface area contributed by atoms with Crippen molar-refractivity contribution < 1.29 is 19.0 Å². The van der Waals surface area contributed by atoms with Crippen LogP contribution < -0.4 is 10.1 Å². The van der Waals surface area contributed by atoms with Gasteiger partial charge in [0.25, 0.3) is 5.91 Å². The number of methoxy groups -OCH3 is 1. The van der Waals surface area contributed by atoms with E-state index in [0.29, 0.717) is 5.69 Å². The number of benzene rings is 1. The van der Waals surface area contributed by atoms with Gasteiger partial charge in [-0.2, -0.15) is 0 Å². The van der Waals surface area contributed by atoms with Gasteiger partial charge in [0.1, 0.15) is 5.82 Å². The first-order valence-corrected chi connectivity index (χ1v) is 6.48. The van der Waals surface area contributed by atoms with E-state index in [1.165, 1.54) is 31.4 Å². The molecule has 0 saturated carbocycles. The Morgan fingerprint density at radius 1 is 1.45 bits per heavy atom. The number of hydrogen-bond acceptors (Lipinski definition) is 4. The molecule has 0 spiro atoms. The number of pyridine rings is 1. The lowest BCUT2D eigenvalue weighted by molar-refractivity contribution is 0.0942. The van der Waals surface area contributed by atoms with E-state index >= 15 is 0 Å². The van der Waals surface area contributed by atoms with Crippen molar-refractivity contribution in [2.45, 2.75) is 6.54 Å². The van der Waals surface area contributed by atoms with E-state index in [2.05, 4.69) is 16.9 Å². The summed E-state index contributed by atoms with van der Waals surface area (Å²) in [6.45, 7) is 3.75. The van der Waals surface area contributed by atoms with Gasteiger partial charge in [-0.3, -0.25) is 4.79 Å². The SMILES string of the molecule is C=Cc1cc(OC)c(O)c(C(=O)NCc2ccc(F)cc2)n1. The summed E-state index contributed by atoms with van der Waals surface area (Å²) in [5.41, 5.74) is 0.971. The molecule has 2 aromatic rings. The first-order valence-electron chi connectivity index (χ1n) is 6.48. The van der Waals surface area contributed by atoms with Crippen LogP contribution in [0.4, 0.5) is 4.39 Å². The fourth-order valence-electron chi connectivity index (χ4n) is 1.82. The number of halogens is 1. The molecule has 0 fully saturated rings. The van der Waals surface area contributed by atoms with Crippen LogP contribution in [0.2, 0.25) is 0 Å². The Labute approximate surface area is 127 Å². The normalized spacial score (nSPS) is 10.1. The third kappa shape index (κ3) is 3.41. The Hall–Kier alpha value is -2.89. The number of carbonyl (C=O) groups is 1. The van der Waals surface area contributed by atoms with Gasteiger partial charge >= 0.3 is 0 Å². The quantitative estimate of drug-likeness (QED) is 0.890. The molecule has 6 heteroatoms. The minimum Gasteiger partial charge on any atom is -0.503 e. The zero-order chi connectivity index (χ0) is 16.1. The minimum atomic E-state index is -0.566. The molecule has 1 amide bonds.